The SMILES string of the molecule is CCc1cc(C(C)Cc2ccncc2)c2ccccc2c1. The molecule has 0 N–H and O–H groups in total. The van der Waals surface area contributed by atoms with Gasteiger partial charge in [0.2, 0.25) is 0 Å². The van der Waals surface area contributed by atoms with Gasteiger partial charge in [-0.05, 0) is 58.4 Å². The summed E-state index contributed by atoms with van der Waals surface area (Å²) in [6.07, 6.45) is 5.89. The van der Waals surface area contributed by atoms with Crippen molar-refractivity contribution in [2.45, 2.75) is 32.6 Å². The van der Waals surface area contributed by atoms with Crippen LogP contribution in [0.5, 0.6) is 0 Å². The molecule has 1 atom stereocenters. The van der Waals surface area contributed by atoms with Crippen LogP contribution in [0.15, 0.2) is 60.9 Å². The van der Waals surface area contributed by atoms with Crippen LogP contribution in [0.3, 0.4) is 0 Å². The molecular weight excluding hydrogens is 254 g/mol. The van der Waals surface area contributed by atoms with Gasteiger partial charge in [-0.15, -0.1) is 0 Å². The lowest BCUT2D eigenvalue weighted by molar-refractivity contribution is 0.763. The van der Waals surface area contributed by atoms with Gasteiger partial charge < -0.3 is 0 Å². The Morgan fingerprint density at radius 2 is 1.71 bits per heavy atom. The van der Waals surface area contributed by atoms with E-state index in [1.165, 1.54) is 27.5 Å². The van der Waals surface area contributed by atoms with E-state index in [2.05, 4.69) is 67.4 Å². The average molecular weight is 275 g/mol. The smallest absolute Gasteiger partial charge is 0.0270 e. The lowest BCUT2D eigenvalue weighted by Gasteiger charge is -2.16. The summed E-state index contributed by atoms with van der Waals surface area (Å²) in [5, 5.41) is 2.74. The average Bonchev–Trinajstić information content (AvgIpc) is 2.54. The van der Waals surface area contributed by atoms with Crippen LogP contribution in [0, 0.1) is 0 Å². The topological polar surface area (TPSA) is 12.9 Å². The molecule has 106 valence electrons. The number of fused-ring (bicyclic) bond motifs is 1. The number of rotatable bonds is 4. The second-order valence-corrected chi connectivity index (χ2v) is 5.72. The zero-order chi connectivity index (χ0) is 14.7. The predicted octanol–water partition coefficient (Wildman–Crippen LogP) is 5.14. The van der Waals surface area contributed by atoms with Crippen LogP contribution in [-0.2, 0) is 12.8 Å². The van der Waals surface area contributed by atoms with Crippen LogP contribution in [0.1, 0.15) is 36.5 Å². The van der Waals surface area contributed by atoms with Crippen molar-refractivity contribution < 1.29 is 0 Å². The number of hydrogen-bond donors (Lipinski definition) is 0. The first-order valence-electron chi connectivity index (χ1n) is 7.68. The molecular formula is C20H21N. The molecule has 0 saturated heterocycles. The van der Waals surface area contributed by atoms with Gasteiger partial charge in [0.05, 0.1) is 0 Å². The molecule has 0 bridgehead atoms. The molecule has 0 fully saturated rings. The number of nitrogens with zero attached hydrogens (tertiary/aromatic N) is 1. The van der Waals surface area contributed by atoms with Gasteiger partial charge in [-0.3, -0.25) is 4.98 Å². The maximum Gasteiger partial charge on any atom is 0.0270 e. The van der Waals surface area contributed by atoms with Crippen molar-refractivity contribution in [2.24, 2.45) is 0 Å². The van der Waals surface area contributed by atoms with Crippen LogP contribution in [0.2, 0.25) is 0 Å². The van der Waals surface area contributed by atoms with E-state index in [4.69, 9.17) is 0 Å². The van der Waals surface area contributed by atoms with Crippen molar-refractivity contribution >= 4 is 10.8 Å². The molecule has 1 aromatic heterocycles. The Hall–Kier alpha value is -2.15. The first-order chi connectivity index (χ1) is 10.3. The fourth-order valence-electron chi connectivity index (χ4n) is 3.00. The van der Waals surface area contributed by atoms with Gasteiger partial charge in [-0.1, -0.05) is 50.2 Å². The van der Waals surface area contributed by atoms with Gasteiger partial charge in [0.15, 0.2) is 0 Å². The molecule has 2 aromatic carbocycles. The molecule has 3 aromatic rings. The lowest BCUT2D eigenvalue weighted by Crippen LogP contribution is -2.01. The molecule has 0 aliphatic rings. The minimum Gasteiger partial charge on any atom is -0.265 e. The molecule has 0 aliphatic carbocycles. The summed E-state index contributed by atoms with van der Waals surface area (Å²) in [6.45, 7) is 4.54. The van der Waals surface area contributed by atoms with Gasteiger partial charge in [0.25, 0.3) is 0 Å². The van der Waals surface area contributed by atoms with Crippen LogP contribution < -0.4 is 0 Å². The number of aryl methyl sites for hydroxylation is 1. The standard InChI is InChI=1S/C20H21N/c1-3-16-13-18-6-4-5-7-19(18)20(14-16)15(2)12-17-8-10-21-11-9-17/h4-11,13-15H,3,12H2,1-2H3. The highest BCUT2D eigenvalue weighted by Gasteiger charge is 2.11. The highest BCUT2D eigenvalue weighted by Crippen LogP contribution is 2.29. The summed E-state index contributed by atoms with van der Waals surface area (Å²) in [5.41, 5.74) is 4.23. The molecule has 0 radical (unpaired) electrons. The van der Waals surface area contributed by atoms with Crippen molar-refractivity contribution in [3.05, 3.63) is 77.6 Å². The second kappa shape index (κ2) is 6.09. The van der Waals surface area contributed by atoms with Crippen LogP contribution >= 0.6 is 0 Å². The second-order valence-electron chi connectivity index (χ2n) is 5.72. The van der Waals surface area contributed by atoms with E-state index in [0.29, 0.717) is 5.92 Å². The van der Waals surface area contributed by atoms with E-state index in [0.717, 1.165) is 12.8 Å². The minimum atomic E-state index is 0.504. The largest absolute Gasteiger partial charge is 0.265 e. The van der Waals surface area contributed by atoms with E-state index >= 15 is 0 Å². The fourth-order valence-corrected chi connectivity index (χ4v) is 3.00. The number of benzene rings is 2. The fraction of sp³-hybridized carbons (Fsp3) is 0.250. The molecule has 21 heavy (non-hydrogen) atoms. The van der Waals surface area contributed by atoms with Crippen molar-refractivity contribution in [3.63, 3.8) is 0 Å². The Labute approximate surface area is 126 Å². The first kappa shape index (κ1) is 13.8. The molecule has 1 unspecified atom stereocenters. The third-order valence-corrected chi connectivity index (χ3v) is 4.18. The van der Waals surface area contributed by atoms with E-state index in [-0.39, 0.29) is 0 Å². The van der Waals surface area contributed by atoms with Gasteiger partial charge in [0.1, 0.15) is 0 Å². The summed E-state index contributed by atoms with van der Waals surface area (Å²) in [7, 11) is 0. The Bertz CT molecular complexity index is 731. The number of pyridine rings is 1. The highest BCUT2D eigenvalue weighted by atomic mass is 14.6. The van der Waals surface area contributed by atoms with Gasteiger partial charge in [-0.2, -0.15) is 0 Å². The number of hydrogen-bond acceptors (Lipinski definition) is 1. The van der Waals surface area contributed by atoms with Crippen LogP contribution in [0.4, 0.5) is 0 Å². The molecule has 0 amide bonds. The molecule has 0 aliphatic heterocycles. The summed E-state index contributed by atoms with van der Waals surface area (Å²) >= 11 is 0. The summed E-state index contributed by atoms with van der Waals surface area (Å²) < 4.78 is 0. The van der Waals surface area contributed by atoms with Crippen LogP contribution in [0.25, 0.3) is 10.8 Å². The Kier molecular flexibility index (Phi) is 4.01. The monoisotopic (exact) mass is 275 g/mol. The van der Waals surface area contributed by atoms with Crippen molar-refractivity contribution in [3.8, 4) is 0 Å². The maximum atomic E-state index is 4.10. The Morgan fingerprint density at radius 1 is 0.952 bits per heavy atom. The molecule has 1 heterocycles. The normalized spacial score (nSPS) is 12.5. The summed E-state index contributed by atoms with van der Waals surface area (Å²) in [6, 6.07) is 17.6. The van der Waals surface area contributed by atoms with Crippen LogP contribution in [-0.4, -0.2) is 4.98 Å². The third-order valence-electron chi connectivity index (χ3n) is 4.18. The molecule has 1 nitrogen and oxygen atoms in total. The van der Waals surface area contributed by atoms with E-state index in [1.54, 1.807) is 0 Å². The quantitative estimate of drug-likeness (QED) is 0.642. The highest BCUT2D eigenvalue weighted by molar-refractivity contribution is 5.87. The minimum absolute atomic E-state index is 0.504. The maximum absolute atomic E-state index is 4.10. The van der Waals surface area contributed by atoms with E-state index < -0.39 is 0 Å². The zero-order valence-electron chi connectivity index (χ0n) is 12.7. The summed E-state index contributed by atoms with van der Waals surface area (Å²) in [4.78, 5) is 4.10. The first-order valence-corrected chi connectivity index (χ1v) is 7.68. The van der Waals surface area contributed by atoms with Gasteiger partial charge in [0, 0.05) is 12.4 Å². The molecule has 0 saturated carbocycles. The van der Waals surface area contributed by atoms with E-state index in [9.17, 15) is 0 Å². The Balaban J connectivity index is 2.02. The van der Waals surface area contributed by atoms with Crippen molar-refractivity contribution in [2.75, 3.05) is 0 Å². The number of aromatic nitrogens is 1. The van der Waals surface area contributed by atoms with Gasteiger partial charge >= 0.3 is 0 Å². The predicted molar refractivity (Wildman–Crippen MR) is 89.7 cm³/mol. The lowest BCUT2D eigenvalue weighted by atomic mass is 9.88. The molecule has 0 spiro atoms. The molecule has 3 rings (SSSR count). The van der Waals surface area contributed by atoms with E-state index in [1.807, 2.05) is 12.4 Å². The zero-order valence-corrected chi connectivity index (χ0v) is 12.7. The molecule has 1 heteroatoms. The van der Waals surface area contributed by atoms with Gasteiger partial charge in [-0.25, -0.2) is 0 Å². The van der Waals surface area contributed by atoms with Crippen molar-refractivity contribution in [1.29, 1.82) is 0 Å². The van der Waals surface area contributed by atoms with Crippen molar-refractivity contribution in [1.82, 2.24) is 4.98 Å². The Morgan fingerprint density at radius 3 is 2.48 bits per heavy atom. The summed E-state index contributed by atoms with van der Waals surface area (Å²) in [5.74, 6) is 0.504. The third kappa shape index (κ3) is 2.97.